The molecule has 0 aromatic heterocycles. The number of hydrogen-bond acceptors (Lipinski definition) is 2. The van der Waals surface area contributed by atoms with Crippen LogP contribution in [0.1, 0.15) is 36.8 Å². The lowest BCUT2D eigenvalue weighted by Crippen LogP contribution is -2.24. The van der Waals surface area contributed by atoms with Crippen LogP contribution in [0.5, 0.6) is 0 Å². The fraction of sp³-hybridized carbons (Fsp3) is 0.600. The zero-order valence-electron chi connectivity index (χ0n) is 10.9. The molecule has 1 fully saturated rings. The van der Waals surface area contributed by atoms with Crippen LogP contribution in [0.4, 0.5) is 0 Å². The van der Waals surface area contributed by atoms with E-state index in [1.807, 2.05) is 11.8 Å². The minimum Gasteiger partial charge on any atom is -0.327 e. The molecule has 0 radical (unpaired) electrons. The van der Waals surface area contributed by atoms with Crippen LogP contribution in [0, 0.1) is 19.8 Å². The van der Waals surface area contributed by atoms with E-state index in [0.717, 1.165) is 5.92 Å². The highest BCUT2D eigenvalue weighted by Crippen LogP contribution is 2.30. The summed E-state index contributed by atoms with van der Waals surface area (Å²) in [4.78, 5) is 1.44. The van der Waals surface area contributed by atoms with E-state index in [2.05, 4.69) is 32.0 Å². The number of hydrogen-bond donors (Lipinski definition) is 1. The lowest BCUT2D eigenvalue weighted by atomic mass is 10.0. The first kappa shape index (κ1) is 13.0. The maximum atomic E-state index is 6.10. The monoisotopic (exact) mass is 249 g/mol. The van der Waals surface area contributed by atoms with Crippen molar-refractivity contribution in [1.29, 1.82) is 0 Å². The lowest BCUT2D eigenvalue weighted by molar-refractivity contribution is 0.470. The lowest BCUT2D eigenvalue weighted by Gasteiger charge is -2.15. The van der Waals surface area contributed by atoms with Crippen LogP contribution in [0.2, 0.25) is 0 Å². The Morgan fingerprint density at radius 1 is 1.29 bits per heavy atom. The van der Waals surface area contributed by atoms with Gasteiger partial charge in [0.1, 0.15) is 0 Å². The van der Waals surface area contributed by atoms with Crippen molar-refractivity contribution < 1.29 is 0 Å². The predicted molar refractivity (Wildman–Crippen MR) is 76.6 cm³/mol. The third-order valence-corrected chi connectivity index (χ3v) is 5.00. The van der Waals surface area contributed by atoms with Gasteiger partial charge in [-0.3, -0.25) is 0 Å². The minimum atomic E-state index is 0.467. The molecule has 2 atom stereocenters. The highest BCUT2D eigenvalue weighted by molar-refractivity contribution is 7.99. The first-order valence-electron chi connectivity index (χ1n) is 6.62. The molecule has 1 aliphatic rings. The van der Waals surface area contributed by atoms with Crippen LogP contribution in [-0.4, -0.2) is 11.8 Å². The van der Waals surface area contributed by atoms with E-state index in [1.165, 1.54) is 47.5 Å². The molecule has 1 nitrogen and oxygen atoms in total. The summed E-state index contributed by atoms with van der Waals surface area (Å²) in [5.74, 6) is 1.98. The minimum absolute atomic E-state index is 0.467. The number of nitrogens with two attached hydrogens (primary N) is 1. The van der Waals surface area contributed by atoms with Gasteiger partial charge in [-0.15, -0.1) is 11.8 Å². The molecule has 1 saturated carbocycles. The van der Waals surface area contributed by atoms with Crippen molar-refractivity contribution in [3.05, 3.63) is 29.3 Å². The van der Waals surface area contributed by atoms with E-state index in [-0.39, 0.29) is 0 Å². The van der Waals surface area contributed by atoms with Gasteiger partial charge in [0.15, 0.2) is 0 Å². The molecule has 2 unspecified atom stereocenters. The first-order chi connectivity index (χ1) is 8.16. The zero-order valence-corrected chi connectivity index (χ0v) is 11.7. The average Bonchev–Trinajstić information content (AvgIpc) is 2.70. The molecule has 0 saturated heterocycles. The summed E-state index contributed by atoms with van der Waals surface area (Å²) in [7, 11) is 0. The normalized spacial score (nSPS) is 24.2. The topological polar surface area (TPSA) is 26.0 Å². The molecule has 17 heavy (non-hydrogen) atoms. The Morgan fingerprint density at radius 3 is 2.82 bits per heavy atom. The van der Waals surface area contributed by atoms with Gasteiger partial charge in [0.25, 0.3) is 0 Å². The van der Waals surface area contributed by atoms with Crippen LogP contribution >= 0.6 is 11.8 Å². The number of aryl methyl sites for hydroxylation is 2. The van der Waals surface area contributed by atoms with E-state index in [1.54, 1.807) is 0 Å². The number of rotatable bonds is 4. The third kappa shape index (κ3) is 3.49. The van der Waals surface area contributed by atoms with Crippen LogP contribution < -0.4 is 5.73 Å². The maximum absolute atomic E-state index is 6.10. The molecule has 0 spiro atoms. The Morgan fingerprint density at radius 2 is 2.12 bits per heavy atom. The van der Waals surface area contributed by atoms with Gasteiger partial charge >= 0.3 is 0 Å². The molecule has 2 N–H and O–H groups in total. The van der Waals surface area contributed by atoms with Gasteiger partial charge in [0, 0.05) is 10.9 Å². The molecule has 1 aromatic rings. The van der Waals surface area contributed by atoms with Crippen LogP contribution in [0.3, 0.4) is 0 Å². The van der Waals surface area contributed by atoms with Crippen molar-refractivity contribution in [3.63, 3.8) is 0 Å². The maximum Gasteiger partial charge on any atom is 0.0104 e. The molecule has 2 rings (SSSR count). The van der Waals surface area contributed by atoms with Crippen LogP contribution in [0.25, 0.3) is 0 Å². The Balaban J connectivity index is 1.83. The molecule has 1 aromatic carbocycles. The largest absolute Gasteiger partial charge is 0.327 e. The fourth-order valence-corrected chi connectivity index (χ4v) is 3.81. The summed E-state index contributed by atoms with van der Waals surface area (Å²) in [6.07, 6.45) is 5.19. The van der Waals surface area contributed by atoms with E-state index < -0.39 is 0 Å². The molecule has 94 valence electrons. The SMILES string of the molecule is Cc1ccc(C)c(SCCC2CCCC2N)c1. The highest BCUT2D eigenvalue weighted by atomic mass is 32.2. The quantitative estimate of drug-likeness (QED) is 0.819. The Hall–Kier alpha value is -0.470. The zero-order chi connectivity index (χ0) is 12.3. The number of benzene rings is 1. The molecule has 0 amide bonds. The van der Waals surface area contributed by atoms with Gasteiger partial charge in [-0.05, 0) is 56.4 Å². The van der Waals surface area contributed by atoms with Crippen molar-refractivity contribution in [3.8, 4) is 0 Å². The second-order valence-corrected chi connectivity index (χ2v) is 6.40. The van der Waals surface area contributed by atoms with Gasteiger partial charge in [-0.1, -0.05) is 24.1 Å². The van der Waals surface area contributed by atoms with Crippen molar-refractivity contribution in [1.82, 2.24) is 0 Å². The highest BCUT2D eigenvalue weighted by Gasteiger charge is 2.23. The smallest absolute Gasteiger partial charge is 0.0104 e. The summed E-state index contributed by atoms with van der Waals surface area (Å²) in [6, 6.07) is 7.18. The van der Waals surface area contributed by atoms with Gasteiger partial charge < -0.3 is 5.73 Å². The summed E-state index contributed by atoms with van der Waals surface area (Å²) in [5, 5.41) is 0. The molecular weight excluding hydrogens is 226 g/mol. The first-order valence-corrected chi connectivity index (χ1v) is 7.61. The molecule has 0 heterocycles. The van der Waals surface area contributed by atoms with Gasteiger partial charge in [-0.2, -0.15) is 0 Å². The Kier molecular flexibility index (Phi) is 4.52. The Labute approximate surface area is 109 Å². The van der Waals surface area contributed by atoms with Crippen molar-refractivity contribution >= 4 is 11.8 Å². The van der Waals surface area contributed by atoms with E-state index >= 15 is 0 Å². The standard InChI is InChI=1S/C15H23NS/c1-11-6-7-12(2)15(10-11)17-9-8-13-4-3-5-14(13)16/h6-7,10,13-14H,3-5,8-9,16H2,1-2H3. The molecular formula is C15H23NS. The summed E-state index contributed by atoms with van der Waals surface area (Å²) >= 11 is 1.99. The third-order valence-electron chi connectivity index (χ3n) is 3.81. The van der Waals surface area contributed by atoms with Crippen molar-refractivity contribution in [2.75, 3.05) is 5.75 Å². The summed E-state index contributed by atoms with van der Waals surface area (Å²) < 4.78 is 0. The second kappa shape index (κ2) is 5.92. The molecule has 1 aliphatic carbocycles. The van der Waals surface area contributed by atoms with Gasteiger partial charge in [-0.25, -0.2) is 0 Å². The molecule has 0 aliphatic heterocycles. The fourth-order valence-electron chi connectivity index (χ4n) is 2.61. The van der Waals surface area contributed by atoms with Gasteiger partial charge in [0.05, 0.1) is 0 Å². The van der Waals surface area contributed by atoms with E-state index in [4.69, 9.17) is 5.73 Å². The predicted octanol–water partition coefficient (Wildman–Crippen LogP) is 3.91. The number of thioether (sulfide) groups is 1. The van der Waals surface area contributed by atoms with Gasteiger partial charge in [0.2, 0.25) is 0 Å². The summed E-state index contributed by atoms with van der Waals surface area (Å²) in [6.45, 7) is 4.36. The van der Waals surface area contributed by atoms with Crippen LogP contribution in [-0.2, 0) is 0 Å². The van der Waals surface area contributed by atoms with E-state index in [0.29, 0.717) is 6.04 Å². The van der Waals surface area contributed by atoms with E-state index in [9.17, 15) is 0 Å². The average molecular weight is 249 g/mol. The molecule has 2 heteroatoms. The van der Waals surface area contributed by atoms with Crippen LogP contribution in [0.15, 0.2) is 23.1 Å². The second-order valence-electron chi connectivity index (χ2n) is 5.26. The van der Waals surface area contributed by atoms with Crippen molar-refractivity contribution in [2.45, 2.75) is 50.5 Å². The molecule has 0 bridgehead atoms. The van der Waals surface area contributed by atoms with Crippen molar-refractivity contribution in [2.24, 2.45) is 11.7 Å². The Bertz CT molecular complexity index is 375. The summed E-state index contributed by atoms with van der Waals surface area (Å²) in [5.41, 5.74) is 8.86.